The van der Waals surface area contributed by atoms with E-state index in [0.29, 0.717) is 17.7 Å². The first kappa shape index (κ1) is 14.1. The molecule has 1 aliphatic rings. The second-order valence-corrected chi connectivity index (χ2v) is 4.78. The van der Waals surface area contributed by atoms with Crippen LogP contribution in [0, 0.1) is 0 Å². The van der Waals surface area contributed by atoms with Gasteiger partial charge in [-0.1, -0.05) is 6.58 Å². The van der Waals surface area contributed by atoms with Crippen LogP contribution in [0.3, 0.4) is 0 Å². The molecule has 1 aromatic carbocycles. The average Bonchev–Trinajstić information content (AvgIpc) is 2.77. The fourth-order valence-corrected chi connectivity index (χ4v) is 2.07. The first-order chi connectivity index (χ1) is 9.38. The second-order valence-electron chi connectivity index (χ2n) is 4.78. The number of aromatic hydroxyl groups is 1. The Hall–Kier alpha value is -2.30. The quantitative estimate of drug-likeness (QED) is 0.517. The Morgan fingerprint density at radius 1 is 1.45 bits per heavy atom. The van der Waals surface area contributed by atoms with Crippen molar-refractivity contribution in [2.75, 3.05) is 6.61 Å². The zero-order valence-corrected chi connectivity index (χ0v) is 11.4. The van der Waals surface area contributed by atoms with E-state index in [0.717, 1.165) is 5.56 Å². The van der Waals surface area contributed by atoms with Crippen molar-refractivity contribution in [3.63, 3.8) is 0 Å². The summed E-state index contributed by atoms with van der Waals surface area (Å²) in [6, 6.07) is 3.07. The van der Waals surface area contributed by atoms with Crippen LogP contribution in [0.5, 0.6) is 11.5 Å². The van der Waals surface area contributed by atoms with Crippen molar-refractivity contribution < 1.29 is 24.2 Å². The Balaban J connectivity index is 2.13. The zero-order valence-electron chi connectivity index (χ0n) is 11.4. The lowest BCUT2D eigenvalue weighted by Crippen LogP contribution is -2.20. The minimum Gasteiger partial charge on any atom is -0.507 e. The van der Waals surface area contributed by atoms with Crippen molar-refractivity contribution in [3.05, 3.63) is 35.4 Å². The molecule has 0 saturated heterocycles. The molecule has 1 heterocycles. The lowest BCUT2D eigenvalue weighted by Gasteiger charge is -2.13. The Kier molecular flexibility index (Phi) is 3.79. The van der Waals surface area contributed by atoms with Crippen LogP contribution >= 0.6 is 0 Å². The van der Waals surface area contributed by atoms with Gasteiger partial charge in [-0.15, -0.1) is 0 Å². The normalized spacial score (nSPS) is 16.2. The van der Waals surface area contributed by atoms with Crippen molar-refractivity contribution in [2.24, 2.45) is 0 Å². The van der Waals surface area contributed by atoms with Gasteiger partial charge in [-0.2, -0.15) is 0 Å². The van der Waals surface area contributed by atoms with Gasteiger partial charge in [-0.3, -0.25) is 9.59 Å². The summed E-state index contributed by atoms with van der Waals surface area (Å²) in [5.41, 5.74) is 1.68. The van der Waals surface area contributed by atoms with Gasteiger partial charge >= 0.3 is 5.97 Å². The van der Waals surface area contributed by atoms with Crippen LogP contribution in [-0.2, 0) is 16.0 Å². The highest BCUT2D eigenvalue weighted by Gasteiger charge is 2.27. The molecular weight excluding hydrogens is 260 g/mol. The molecule has 0 aromatic heterocycles. The van der Waals surface area contributed by atoms with Crippen molar-refractivity contribution in [1.29, 1.82) is 0 Å². The van der Waals surface area contributed by atoms with Gasteiger partial charge in [-0.05, 0) is 19.1 Å². The minimum absolute atomic E-state index is 0.0499. The number of fused-ring (bicyclic) bond motifs is 1. The summed E-state index contributed by atoms with van der Waals surface area (Å²) in [6.45, 7) is 6.65. The van der Waals surface area contributed by atoms with Crippen LogP contribution in [-0.4, -0.2) is 29.6 Å². The third kappa shape index (κ3) is 2.82. The zero-order chi connectivity index (χ0) is 14.9. The number of carbonyl (C=O) groups excluding carboxylic acids is 2. The van der Waals surface area contributed by atoms with Crippen molar-refractivity contribution >= 4 is 11.8 Å². The monoisotopic (exact) mass is 276 g/mol. The van der Waals surface area contributed by atoms with Crippen molar-refractivity contribution in [2.45, 2.75) is 26.4 Å². The summed E-state index contributed by atoms with van der Waals surface area (Å²) in [4.78, 5) is 22.1. The van der Waals surface area contributed by atoms with Crippen LogP contribution in [0.4, 0.5) is 0 Å². The van der Waals surface area contributed by atoms with E-state index in [2.05, 4.69) is 6.58 Å². The van der Waals surface area contributed by atoms with Crippen molar-refractivity contribution in [3.8, 4) is 11.5 Å². The molecule has 1 atom stereocenters. The number of hydrogen-bond acceptors (Lipinski definition) is 5. The summed E-state index contributed by atoms with van der Waals surface area (Å²) in [6.07, 6.45) is 0.215. The molecule has 0 saturated carbocycles. The molecule has 106 valence electrons. The molecule has 0 amide bonds. The second kappa shape index (κ2) is 5.36. The predicted octanol–water partition coefficient (Wildman–Crippen LogP) is 2.02. The highest BCUT2D eigenvalue weighted by Crippen LogP contribution is 2.36. The fourth-order valence-electron chi connectivity index (χ4n) is 2.07. The number of rotatable bonds is 4. The van der Waals surface area contributed by atoms with Gasteiger partial charge in [0.15, 0.2) is 5.78 Å². The largest absolute Gasteiger partial charge is 0.507 e. The lowest BCUT2D eigenvalue weighted by atomic mass is 10.0. The number of ketones is 1. The summed E-state index contributed by atoms with van der Waals surface area (Å²) in [5, 5.41) is 9.78. The first-order valence-corrected chi connectivity index (χ1v) is 6.23. The SMILES string of the molecule is C=C(COC(C)=O)[C@H]1Cc2cc(O)c(C(C)=O)cc2O1. The third-order valence-corrected chi connectivity index (χ3v) is 3.15. The number of phenolic OH excluding ortho intramolecular Hbond substituents is 1. The predicted molar refractivity (Wildman–Crippen MR) is 72.0 cm³/mol. The topological polar surface area (TPSA) is 72.8 Å². The number of carbonyl (C=O) groups is 2. The average molecular weight is 276 g/mol. The van der Waals surface area contributed by atoms with Crippen LogP contribution in [0.2, 0.25) is 0 Å². The number of ether oxygens (including phenoxy) is 2. The summed E-state index contributed by atoms with van der Waals surface area (Å²) >= 11 is 0. The maximum absolute atomic E-state index is 11.4. The van der Waals surface area contributed by atoms with Gasteiger partial charge in [0.1, 0.15) is 24.2 Å². The summed E-state index contributed by atoms with van der Waals surface area (Å²) < 4.78 is 10.6. The molecule has 0 bridgehead atoms. The molecule has 0 radical (unpaired) electrons. The van der Waals surface area contributed by atoms with E-state index >= 15 is 0 Å². The van der Waals surface area contributed by atoms with Gasteiger partial charge < -0.3 is 14.6 Å². The molecule has 5 heteroatoms. The van der Waals surface area contributed by atoms with Crippen LogP contribution in [0.25, 0.3) is 0 Å². The van der Waals surface area contributed by atoms with Gasteiger partial charge in [0.25, 0.3) is 0 Å². The van der Waals surface area contributed by atoms with Gasteiger partial charge in [-0.25, -0.2) is 0 Å². The summed E-state index contributed by atoms with van der Waals surface area (Å²) in [5.74, 6) is -0.0951. The molecular formula is C15H16O5. The Labute approximate surface area is 116 Å². The van der Waals surface area contributed by atoms with E-state index in [9.17, 15) is 14.7 Å². The maximum Gasteiger partial charge on any atom is 0.302 e. The summed E-state index contributed by atoms with van der Waals surface area (Å²) in [7, 11) is 0. The van der Waals surface area contributed by atoms with Crippen LogP contribution in [0.15, 0.2) is 24.3 Å². The molecule has 1 aliphatic heterocycles. The number of esters is 1. The van der Waals surface area contributed by atoms with Gasteiger partial charge in [0.05, 0.1) is 5.56 Å². The third-order valence-electron chi connectivity index (χ3n) is 3.15. The maximum atomic E-state index is 11.4. The minimum atomic E-state index is -0.377. The first-order valence-electron chi connectivity index (χ1n) is 6.23. The Morgan fingerprint density at radius 3 is 2.75 bits per heavy atom. The molecule has 0 unspecified atom stereocenters. The Morgan fingerprint density at radius 2 is 2.15 bits per heavy atom. The Bertz CT molecular complexity index is 588. The van der Waals surface area contributed by atoms with E-state index in [-0.39, 0.29) is 35.8 Å². The molecule has 0 spiro atoms. The standard InChI is InChI=1S/C15H16O5/c1-8(7-19-10(3)17)14-5-11-4-13(18)12(9(2)16)6-15(11)20-14/h4,6,14,18H,1,5,7H2,2-3H3/t14-/m1/s1. The molecule has 1 aromatic rings. The van der Waals surface area contributed by atoms with Crippen LogP contribution in [0.1, 0.15) is 29.8 Å². The highest BCUT2D eigenvalue weighted by atomic mass is 16.5. The highest BCUT2D eigenvalue weighted by molar-refractivity contribution is 5.97. The lowest BCUT2D eigenvalue weighted by molar-refractivity contribution is -0.140. The molecule has 5 nitrogen and oxygen atoms in total. The van der Waals surface area contributed by atoms with E-state index in [1.807, 2.05) is 0 Å². The van der Waals surface area contributed by atoms with Crippen molar-refractivity contribution in [1.82, 2.24) is 0 Å². The molecule has 0 fully saturated rings. The van der Waals surface area contributed by atoms with E-state index in [4.69, 9.17) is 9.47 Å². The van der Waals surface area contributed by atoms with Gasteiger partial charge in [0, 0.05) is 24.5 Å². The van der Waals surface area contributed by atoms with Gasteiger partial charge in [0.2, 0.25) is 0 Å². The van der Waals surface area contributed by atoms with E-state index in [1.165, 1.54) is 26.0 Å². The molecule has 1 N–H and O–H groups in total. The molecule has 0 aliphatic carbocycles. The smallest absolute Gasteiger partial charge is 0.302 e. The van der Waals surface area contributed by atoms with E-state index in [1.54, 1.807) is 0 Å². The number of hydrogen-bond donors (Lipinski definition) is 1. The fraction of sp³-hybridized carbons (Fsp3) is 0.333. The molecule has 20 heavy (non-hydrogen) atoms. The number of benzene rings is 1. The number of Topliss-reactive ketones (excluding diaryl/α,β-unsaturated/α-hetero) is 1. The number of phenols is 1. The van der Waals surface area contributed by atoms with E-state index < -0.39 is 0 Å². The van der Waals surface area contributed by atoms with Crippen LogP contribution < -0.4 is 4.74 Å². The molecule has 2 rings (SSSR count).